The van der Waals surface area contributed by atoms with E-state index < -0.39 is 11.8 Å². The summed E-state index contributed by atoms with van der Waals surface area (Å²) in [5, 5.41) is 3.68. The lowest BCUT2D eigenvalue weighted by molar-refractivity contribution is -0.142. The van der Waals surface area contributed by atoms with Crippen LogP contribution in [0.4, 0.5) is 4.39 Å². The van der Waals surface area contributed by atoms with Gasteiger partial charge in [0, 0.05) is 25.5 Å². The molecular formula is C31H34FNO4. The zero-order valence-corrected chi connectivity index (χ0v) is 21.2. The van der Waals surface area contributed by atoms with Gasteiger partial charge < -0.3 is 19.5 Å². The maximum absolute atomic E-state index is 14.9. The summed E-state index contributed by atoms with van der Waals surface area (Å²) in [4.78, 5) is 11.4. The molecule has 3 aromatic rings. The monoisotopic (exact) mass is 503 g/mol. The number of hydrogen-bond acceptors (Lipinski definition) is 5. The minimum absolute atomic E-state index is 0. The van der Waals surface area contributed by atoms with E-state index in [0.717, 1.165) is 29.7 Å². The highest BCUT2D eigenvalue weighted by molar-refractivity contribution is 5.70. The zero-order chi connectivity index (χ0) is 25.8. The summed E-state index contributed by atoms with van der Waals surface area (Å²) in [5.74, 6) is -0.232. The molecule has 0 bridgehead atoms. The standard InChI is InChI=1S/C31H32FNO4.H2/c1-20(24-12-7-9-21-8-3-4-10-25(21)24)33-18-23-17-27(26-11-5-6-13-29(26)37-23)22-14-15-30(28(32)16-22)36-19-31(34)35-2;/h4-7,9-16,20,23,27,33H,3,8,17-19H2,1-2H3;1H/t20-,23-,27+;/m1./s1. The van der Waals surface area contributed by atoms with Crippen LogP contribution < -0.4 is 14.8 Å². The zero-order valence-electron chi connectivity index (χ0n) is 21.2. The Kier molecular flexibility index (Phi) is 7.56. The van der Waals surface area contributed by atoms with E-state index in [1.54, 1.807) is 6.07 Å². The van der Waals surface area contributed by atoms with E-state index in [9.17, 15) is 9.18 Å². The van der Waals surface area contributed by atoms with E-state index >= 15 is 0 Å². The van der Waals surface area contributed by atoms with Crippen molar-refractivity contribution < 1.29 is 24.8 Å². The van der Waals surface area contributed by atoms with Crippen molar-refractivity contribution in [2.75, 3.05) is 20.3 Å². The van der Waals surface area contributed by atoms with Crippen LogP contribution in [0.1, 0.15) is 61.0 Å². The number of para-hydroxylation sites is 1. The molecule has 1 aliphatic heterocycles. The molecule has 0 fully saturated rings. The van der Waals surface area contributed by atoms with Crippen molar-refractivity contribution >= 4 is 12.0 Å². The average molecular weight is 504 g/mol. The molecule has 0 radical (unpaired) electrons. The summed E-state index contributed by atoms with van der Waals surface area (Å²) in [6.07, 6.45) is 7.30. The van der Waals surface area contributed by atoms with E-state index in [4.69, 9.17) is 9.47 Å². The summed E-state index contributed by atoms with van der Waals surface area (Å²) in [6.45, 7) is 2.52. The van der Waals surface area contributed by atoms with E-state index in [1.807, 2.05) is 30.3 Å². The molecular weight excluding hydrogens is 469 g/mol. The smallest absolute Gasteiger partial charge is 0.343 e. The summed E-state index contributed by atoms with van der Waals surface area (Å²) in [7, 11) is 1.27. The first-order valence-electron chi connectivity index (χ1n) is 12.8. The Labute approximate surface area is 218 Å². The number of carbonyl (C=O) groups excluding carboxylic acids is 1. The van der Waals surface area contributed by atoms with Crippen LogP contribution >= 0.6 is 0 Å². The number of halogens is 1. The Morgan fingerprint density at radius 1 is 1.19 bits per heavy atom. The highest BCUT2D eigenvalue weighted by Gasteiger charge is 2.30. The number of methoxy groups -OCH3 is 1. The lowest BCUT2D eigenvalue weighted by Gasteiger charge is -2.33. The minimum atomic E-state index is -0.557. The number of ether oxygens (including phenoxy) is 3. The van der Waals surface area contributed by atoms with Gasteiger partial charge in [-0.05, 0) is 66.6 Å². The molecule has 0 saturated heterocycles. The van der Waals surface area contributed by atoms with E-state index in [-0.39, 0.29) is 31.8 Å². The molecule has 2 aliphatic rings. The topological polar surface area (TPSA) is 56.8 Å². The van der Waals surface area contributed by atoms with Gasteiger partial charge in [-0.3, -0.25) is 0 Å². The van der Waals surface area contributed by atoms with Gasteiger partial charge in [0.2, 0.25) is 0 Å². The van der Waals surface area contributed by atoms with Crippen molar-refractivity contribution in [3.8, 4) is 11.5 Å². The van der Waals surface area contributed by atoms with Gasteiger partial charge in [0.25, 0.3) is 0 Å². The molecule has 3 atom stereocenters. The summed E-state index contributed by atoms with van der Waals surface area (Å²) < 4.78 is 31.1. The molecule has 0 saturated carbocycles. The molecule has 0 amide bonds. The van der Waals surface area contributed by atoms with Crippen LogP contribution in [0.5, 0.6) is 11.5 Å². The lowest BCUT2D eigenvalue weighted by atomic mass is 9.84. The Balaban J connectivity index is 0.00000336. The fourth-order valence-electron chi connectivity index (χ4n) is 5.27. The van der Waals surface area contributed by atoms with Crippen LogP contribution in [0.15, 0.2) is 66.7 Å². The average Bonchev–Trinajstić information content (AvgIpc) is 2.94. The van der Waals surface area contributed by atoms with Gasteiger partial charge in [-0.15, -0.1) is 0 Å². The summed E-state index contributed by atoms with van der Waals surface area (Å²) in [6, 6.07) is 19.6. The van der Waals surface area contributed by atoms with Crippen molar-refractivity contribution in [3.05, 3.63) is 100 Å². The second-order valence-electron chi connectivity index (χ2n) is 9.61. The highest BCUT2D eigenvalue weighted by atomic mass is 19.1. The second kappa shape index (κ2) is 11.2. The summed E-state index contributed by atoms with van der Waals surface area (Å²) >= 11 is 0. The van der Waals surface area contributed by atoms with Crippen molar-refractivity contribution in [2.45, 2.75) is 44.2 Å². The molecule has 5 rings (SSSR count). The third-order valence-corrected chi connectivity index (χ3v) is 7.23. The SMILES string of the molecule is COC(=O)COc1ccc([C@@H]2C[C@H](CN[C@H](C)c3cccc4c3C=CCC4)Oc3ccccc32)cc1F.[HH]. The number of allylic oxidation sites excluding steroid dienone is 1. The molecule has 5 nitrogen and oxygen atoms in total. The number of hydrogen-bond donors (Lipinski definition) is 1. The number of aryl methyl sites for hydroxylation is 1. The van der Waals surface area contributed by atoms with Crippen molar-refractivity contribution in [1.29, 1.82) is 0 Å². The molecule has 1 heterocycles. The Morgan fingerprint density at radius 3 is 2.89 bits per heavy atom. The minimum Gasteiger partial charge on any atom is -0.489 e. The Hall–Kier alpha value is -3.64. The quantitative estimate of drug-likeness (QED) is 0.370. The van der Waals surface area contributed by atoms with Gasteiger partial charge in [-0.2, -0.15) is 0 Å². The number of fused-ring (bicyclic) bond motifs is 2. The molecule has 0 aromatic heterocycles. The molecule has 0 spiro atoms. The van der Waals surface area contributed by atoms with Crippen LogP contribution in [0.2, 0.25) is 0 Å². The van der Waals surface area contributed by atoms with Crippen molar-refractivity contribution in [2.24, 2.45) is 0 Å². The van der Waals surface area contributed by atoms with Gasteiger partial charge in [0.05, 0.1) is 7.11 Å². The Bertz CT molecular complexity index is 1310. The van der Waals surface area contributed by atoms with Crippen molar-refractivity contribution in [1.82, 2.24) is 5.32 Å². The third-order valence-electron chi connectivity index (χ3n) is 7.23. The third kappa shape index (κ3) is 5.54. The number of nitrogens with one attached hydrogen (secondary N) is 1. The molecule has 3 aromatic carbocycles. The number of rotatable bonds is 8. The molecule has 1 aliphatic carbocycles. The number of benzene rings is 3. The van der Waals surface area contributed by atoms with Crippen LogP contribution in [-0.2, 0) is 16.0 Å². The van der Waals surface area contributed by atoms with Crippen LogP contribution in [0.25, 0.3) is 6.08 Å². The predicted octanol–water partition coefficient (Wildman–Crippen LogP) is 6.22. The molecule has 194 valence electrons. The highest BCUT2D eigenvalue weighted by Crippen LogP contribution is 2.41. The number of carbonyl (C=O) groups is 1. The van der Waals surface area contributed by atoms with E-state index in [2.05, 4.69) is 47.3 Å². The fraction of sp³-hybridized carbons (Fsp3) is 0.323. The van der Waals surface area contributed by atoms with Gasteiger partial charge in [0.15, 0.2) is 18.2 Å². The molecule has 37 heavy (non-hydrogen) atoms. The number of esters is 1. The second-order valence-corrected chi connectivity index (χ2v) is 9.61. The van der Waals surface area contributed by atoms with Gasteiger partial charge >= 0.3 is 5.97 Å². The van der Waals surface area contributed by atoms with Crippen LogP contribution in [0.3, 0.4) is 0 Å². The molecule has 1 N–H and O–H groups in total. The van der Waals surface area contributed by atoms with Crippen LogP contribution in [-0.4, -0.2) is 32.3 Å². The van der Waals surface area contributed by atoms with Crippen LogP contribution in [0, 0.1) is 5.82 Å². The molecule has 0 unspecified atom stereocenters. The van der Waals surface area contributed by atoms with E-state index in [0.29, 0.717) is 13.0 Å². The molecule has 6 heteroatoms. The Morgan fingerprint density at radius 2 is 2.05 bits per heavy atom. The van der Waals surface area contributed by atoms with Gasteiger partial charge in [-0.25, -0.2) is 9.18 Å². The lowest BCUT2D eigenvalue weighted by Crippen LogP contribution is -2.37. The maximum Gasteiger partial charge on any atom is 0.343 e. The van der Waals surface area contributed by atoms with Gasteiger partial charge in [0.1, 0.15) is 11.9 Å². The first-order chi connectivity index (χ1) is 18.0. The first-order valence-corrected chi connectivity index (χ1v) is 12.8. The normalized spacial score (nSPS) is 18.8. The fourth-order valence-corrected chi connectivity index (χ4v) is 5.27. The first kappa shape index (κ1) is 25.0. The predicted molar refractivity (Wildman–Crippen MR) is 144 cm³/mol. The maximum atomic E-state index is 14.9. The van der Waals surface area contributed by atoms with Crippen molar-refractivity contribution in [3.63, 3.8) is 0 Å². The largest absolute Gasteiger partial charge is 0.489 e. The van der Waals surface area contributed by atoms with Gasteiger partial charge in [-0.1, -0.05) is 54.6 Å². The summed E-state index contributed by atoms with van der Waals surface area (Å²) in [5.41, 5.74) is 5.91. The van der Waals surface area contributed by atoms with E-state index in [1.165, 1.54) is 29.9 Å².